The average molecular weight is 248 g/mol. The first kappa shape index (κ1) is 12.8. The second kappa shape index (κ2) is 5.35. The lowest BCUT2D eigenvalue weighted by Gasteiger charge is -2.24. The molecule has 1 aliphatic heterocycles. The largest absolute Gasteiger partial charge is 0.336 e. The van der Waals surface area contributed by atoms with E-state index in [4.69, 9.17) is 5.84 Å². The lowest BCUT2D eigenvalue weighted by Crippen LogP contribution is -2.35. The number of hydrogen-bond acceptors (Lipinski definition) is 4. The quantitative estimate of drug-likeness (QED) is 0.631. The molecular weight excluding hydrogens is 228 g/mol. The van der Waals surface area contributed by atoms with E-state index in [0.717, 1.165) is 31.5 Å². The third-order valence-corrected chi connectivity index (χ3v) is 3.46. The SMILES string of the molecule is CCC1CCCN1C(=O)c1cc(C)nc(NN)c1. The summed E-state index contributed by atoms with van der Waals surface area (Å²) in [5, 5.41) is 0. The smallest absolute Gasteiger partial charge is 0.254 e. The van der Waals surface area contributed by atoms with Gasteiger partial charge in [-0.05, 0) is 38.3 Å². The molecule has 0 aliphatic carbocycles. The van der Waals surface area contributed by atoms with Gasteiger partial charge in [-0.2, -0.15) is 0 Å². The van der Waals surface area contributed by atoms with E-state index in [0.29, 0.717) is 17.4 Å². The van der Waals surface area contributed by atoms with Crippen molar-refractivity contribution in [2.24, 2.45) is 5.84 Å². The van der Waals surface area contributed by atoms with Crippen molar-refractivity contribution in [2.75, 3.05) is 12.0 Å². The fourth-order valence-electron chi connectivity index (χ4n) is 2.56. The average Bonchev–Trinajstić information content (AvgIpc) is 2.85. The molecule has 0 saturated carbocycles. The van der Waals surface area contributed by atoms with Gasteiger partial charge >= 0.3 is 0 Å². The summed E-state index contributed by atoms with van der Waals surface area (Å²) in [7, 11) is 0. The molecule has 1 saturated heterocycles. The number of carbonyl (C=O) groups is 1. The summed E-state index contributed by atoms with van der Waals surface area (Å²) in [6.45, 7) is 4.84. The van der Waals surface area contributed by atoms with E-state index >= 15 is 0 Å². The van der Waals surface area contributed by atoms with Gasteiger partial charge in [0.1, 0.15) is 5.82 Å². The molecule has 0 bridgehead atoms. The number of nitrogens with zero attached hydrogens (tertiary/aromatic N) is 2. The minimum Gasteiger partial charge on any atom is -0.336 e. The number of aryl methyl sites for hydroxylation is 1. The molecule has 0 spiro atoms. The molecule has 18 heavy (non-hydrogen) atoms. The number of carbonyl (C=O) groups excluding carboxylic acids is 1. The van der Waals surface area contributed by atoms with Gasteiger partial charge in [-0.25, -0.2) is 10.8 Å². The molecular formula is C13H20N4O. The summed E-state index contributed by atoms with van der Waals surface area (Å²) in [6.07, 6.45) is 3.21. The highest BCUT2D eigenvalue weighted by atomic mass is 16.2. The van der Waals surface area contributed by atoms with Gasteiger partial charge in [0.05, 0.1) is 0 Å². The molecule has 1 aromatic rings. The van der Waals surface area contributed by atoms with Crippen molar-refractivity contribution >= 4 is 11.7 Å². The number of hydrazine groups is 1. The van der Waals surface area contributed by atoms with Crippen molar-refractivity contribution in [3.05, 3.63) is 23.4 Å². The summed E-state index contributed by atoms with van der Waals surface area (Å²) in [5.41, 5.74) is 3.95. The van der Waals surface area contributed by atoms with Crippen LogP contribution in [0.2, 0.25) is 0 Å². The zero-order valence-electron chi connectivity index (χ0n) is 10.9. The summed E-state index contributed by atoms with van der Waals surface area (Å²) >= 11 is 0. The van der Waals surface area contributed by atoms with E-state index in [1.807, 2.05) is 17.9 Å². The number of nitrogens with two attached hydrogens (primary N) is 1. The van der Waals surface area contributed by atoms with E-state index in [-0.39, 0.29) is 5.91 Å². The number of nitrogen functional groups attached to an aromatic ring is 1. The first-order valence-corrected chi connectivity index (χ1v) is 6.42. The number of likely N-dealkylation sites (tertiary alicyclic amines) is 1. The van der Waals surface area contributed by atoms with Gasteiger partial charge in [0.2, 0.25) is 0 Å². The Morgan fingerprint density at radius 2 is 2.39 bits per heavy atom. The third-order valence-electron chi connectivity index (χ3n) is 3.46. The number of hydrogen-bond donors (Lipinski definition) is 2. The Bertz CT molecular complexity index is 447. The predicted molar refractivity (Wildman–Crippen MR) is 71.1 cm³/mol. The number of amides is 1. The van der Waals surface area contributed by atoms with E-state index in [1.165, 1.54) is 0 Å². The highest BCUT2D eigenvalue weighted by molar-refractivity contribution is 5.95. The highest BCUT2D eigenvalue weighted by Crippen LogP contribution is 2.23. The molecule has 1 aliphatic rings. The van der Waals surface area contributed by atoms with Crippen molar-refractivity contribution in [1.82, 2.24) is 9.88 Å². The van der Waals surface area contributed by atoms with Crippen molar-refractivity contribution < 1.29 is 4.79 Å². The van der Waals surface area contributed by atoms with Gasteiger partial charge in [-0.3, -0.25) is 4.79 Å². The maximum absolute atomic E-state index is 12.5. The Morgan fingerprint density at radius 1 is 1.61 bits per heavy atom. The molecule has 2 rings (SSSR count). The number of aromatic nitrogens is 1. The Labute approximate surface area is 107 Å². The molecule has 1 unspecified atom stereocenters. The Hall–Kier alpha value is -1.62. The van der Waals surface area contributed by atoms with Crippen LogP contribution in [0.4, 0.5) is 5.82 Å². The Balaban J connectivity index is 2.25. The lowest BCUT2D eigenvalue weighted by atomic mass is 10.1. The molecule has 5 nitrogen and oxygen atoms in total. The van der Waals surface area contributed by atoms with E-state index < -0.39 is 0 Å². The van der Waals surface area contributed by atoms with Gasteiger partial charge in [0.25, 0.3) is 5.91 Å². The molecule has 1 aromatic heterocycles. The monoisotopic (exact) mass is 248 g/mol. The van der Waals surface area contributed by atoms with Crippen LogP contribution in [0.3, 0.4) is 0 Å². The second-order valence-electron chi connectivity index (χ2n) is 4.73. The van der Waals surface area contributed by atoms with Crippen LogP contribution in [0.15, 0.2) is 12.1 Å². The van der Waals surface area contributed by atoms with Crippen molar-refractivity contribution in [1.29, 1.82) is 0 Å². The molecule has 98 valence electrons. The standard InChI is InChI=1S/C13H20N4O/c1-3-11-5-4-6-17(11)13(18)10-7-9(2)15-12(8-10)16-14/h7-8,11H,3-6,14H2,1-2H3,(H,15,16). The molecule has 2 heterocycles. The van der Waals surface area contributed by atoms with Gasteiger partial charge in [-0.15, -0.1) is 0 Å². The molecule has 1 fully saturated rings. The Kier molecular flexibility index (Phi) is 3.81. The van der Waals surface area contributed by atoms with Crippen molar-refractivity contribution in [2.45, 2.75) is 39.2 Å². The van der Waals surface area contributed by atoms with Crippen LogP contribution in [0.5, 0.6) is 0 Å². The number of nitrogens with one attached hydrogen (secondary N) is 1. The zero-order valence-corrected chi connectivity index (χ0v) is 10.9. The van der Waals surface area contributed by atoms with Gasteiger partial charge in [-0.1, -0.05) is 6.92 Å². The minimum absolute atomic E-state index is 0.0846. The van der Waals surface area contributed by atoms with E-state index in [1.54, 1.807) is 6.07 Å². The maximum Gasteiger partial charge on any atom is 0.254 e. The second-order valence-corrected chi connectivity index (χ2v) is 4.73. The molecule has 3 N–H and O–H groups in total. The predicted octanol–water partition coefficient (Wildman–Crippen LogP) is 1.69. The third kappa shape index (κ3) is 2.46. The maximum atomic E-state index is 12.5. The molecule has 1 amide bonds. The number of anilines is 1. The first-order valence-electron chi connectivity index (χ1n) is 6.42. The number of rotatable bonds is 3. The molecule has 5 heteroatoms. The summed E-state index contributed by atoms with van der Waals surface area (Å²) in [5.74, 6) is 5.97. The van der Waals surface area contributed by atoms with Crippen LogP contribution >= 0.6 is 0 Å². The number of pyridine rings is 1. The fourth-order valence-corrected chi connectivity index (χ4v) is 2.56. The van der Waals surface area contributed by atoms with Crippen molar-refractivity contribution in [3.8, 4) is 0 Å². The van der Waals surface area contributed by atoms with Crippen LogP contribution in [-0.4, -0.2) is 28.4 Å². The van der Waals surface area contributed by atoms with Crippen LogP contribution in [0.1, 0.15) is 42.2 Å². The van der Waals surface area contributed by atoms with Gasteiger partial charge in [0, 0.05) is 23.8 Å². The van der Waals surface area contributed by atoms with Crippen LogP contribution in [-0.2, 0) is 0 Å². The minimum atomic E-state index is 0.0846. The summed E-state index contributed by atoms with van der Waals surface area (Å²) in [6, 6.07) is 3.90. The van der Waals surface area contributed by atoms with E-state index in [9.17, 15) is 4.79 Å². The fraction of sp³-hybridized carbons (Fsp3) is 0.538. The van der Waals surface area contributed by atoms with Gasteiger partial charge in [0.15, 0.2) is 0 Å². The van der Waals surface area contributed by atoms with Gasteiger partial charge < -0.3 is 10.3 Å². The topological polar surface area (TPSA) is 71.2 Å². The summed E-state index contributed by atoms with van der Waals surface area (Å²) in [4.78, 5) is 18.6. The zero-order chi connectivity index (χ0) is 13.1. The molecule has 0 aromatic carbocycles. The summed E-state index contributed by atoms with van der Waals surface area (Å²) < 4.78 is 0. The van der Waals surface area contributed by atoms with Crippen LogP contribution in [0.25, 0.3) is 0 Å². The van der Waals surface area contributed by atoms with Crippen LogP contribution < -0.4 is 11.3 Å². The van der Waals surface area contributed by atoms with E-state index in [2.05, 4.69) is 17.3 Å². The Morgan fingerprint density at radius 3 is 3.06 bits per heavy atom. The van der Waals surface area contributed by atoms with Crippen LogP contribution in [0, 0.1) is 6.92 Å². The molecule has 0 radical (unpaired) electrons. The highest BCUT2D eigenvalue weighted by Gasteiger charge is 2.28. The lowest BCUT2D eigenvalue weighted by molar-refractivity contribution is 0.0733. The van der Waals surface area contributed by atoms with Crippen molar-refractivity contribution in [3.63, 3.8) is 0 Å². The molecule has 1 atom stereocenters. The normalized spacial score (nSPS) is 19.1. The first-order chi connectivity index (χ1) is 8.65.